The van der Waals surface area contributed by atoms with E-state index in [4.69, 9.17) is 16.3 Å². The van der Waals surface area contributed by atoms with Crippen LogP contribution in [0.5, 0.6) is 0 Å². The summed E-state index contributed by atoms with van der Waals surface area (Å²) < 4.78 is 5.32. The van der Waals surface area contributed by atoms with E-state index in [1.807, 2.05) is 27.7 Å². The number of halogens is 1. The van der Waals surface area contributed by atoms with E-state index in [-0.39, 0.29) is 0 Å². The van der Waals surface area contributed by atoms with Crippen molar-refractivity contribution in [3.8, 4) is 0 Å². The van der Waals surface area contributed by atoms with Gasteiger partial charge in [0.05, 0.1) is 0 Å². The Morgan fingerprint density at radius 3 is 2.33 bits per heavy atom. The van der Waals surface area contributed by atoms with Gasteiger partial charge in [-0.25, -0.2) is 9.97 Å². The zero-order valence-electron chi connectivity index (χ0n) is 9.89. The molecular formula is C11H17ClN2O. The number of rotatable bonds is 3. The van der Waals surface area contributed by atoms with Crippen molar-refractivity contribution in [2.45, 2.75) is 39.7 Å². The molecule has 15 heavy (non-hydrogen) atoms. The highest BCUT2D eigenvalue weighted by atomic mass is 35.5. The van der Waals surface area contributed by atoms with Crippen molar-refractivity contribution < 1.29 is 4.74 Å². The molecule has 0 spiro atoms. The molecule has 0 saturated carbocycles. The van der Waals surface area contributed by atoms with Crippen molar-refractivity contribution >= 4 is 11.6 Å². The van der Waals surface area contributed by atoms with Gasteiger partial charge in [-0.05, 0) is 27.2 Å². The molecule has 0 amide bonds. The van der Waals surface area contributed by atoms with Gasteiger partial charge in [0.2, 0.25) is 0 Å². The minimum Gasteiger partial charge on any atom is -0.371 e. The lowest BCUT2D eigenvalue weighted by Crippen LogP contribution is -2.24. The first-order valence-corrected chi connectivity index (χ1v) is 5.38. The number of ether oxygens (including phenoxy) is 1. The monoisotopic (exact) mass is 228 g/mol. The molecule has 0 atom stereocenters. The predicted molar refractivity (Wildman–Crippen MR) is 61.2 cm³/mol. The van der Waals surface area contributed by atoms with Gasteiger partial charge in [-0.15, -0.1) is 0 Å². The Balaban J connectivity index is 3.26. The van der Waals surface area contributed by atoms with Crippen LogP contribution in [0.15, 0.2) is 0 Å². The molecule has 0 unspecified atom stereocenters. The van der Waals surface area contributed by atoms with Gasteiger partial charge in [0, 0.05) is 18.4 Å². The van der Waals surface area contributed by atoms with Gasteiger partial charge in [-0.3, -0.25) is 0 Å². The van der Waals surface area contributed by atoms with Crippen LogP contribution in [0.1, 0.15) is 37.9 Å². The molecule has 3 nitrogen and oxygen atoms in total. The molecule has 0 aliphatic carbocycles. The first-order chi connectivity index (χ1) is 6.92. The molecule has 0 N–H and O–H groups in total. The second kappa shape index (κ2) is 4.45. The van der Waals surface area contributed by atoms with Crippen molar-refractivity contribution in [3.63, 3.8) is 0 Å². The van der Waals surface area contributed by atoms with Crippen LogP contribution in [0, 0.1) is 6.92 Å². The van der Waals surface area contributed by atoms with Gasteiger partial charge >= 0.3 is 0 Å². The quantitative estimate of drug-likeness (QED) is 0.747. The summed E-state index contributed by atoms with van der Waals surface area (Å²) in [5.41, 5.74) is 1.44. The molecule has 1 aromatic heterocycles. The zero-order chi connectivity index (χ0) is 11.6. The smallest absolute Gasteiger partial charge is 0.161 e. The maximum atomic E-state index is 6.09. The standard InChI is InChI=1S/C11H17ClN2O/c1-6-8-7(2)13-10(14-9(8)12)11(3,4)15-5/h6H2,1-5H3. The second-order valence-electron chi connectivity index (χ2n) is 3.97. The Morgan fingerprint density at radius 2 is 1.93 bits per heavy atom. The zero-order valence-corrected chi connectivity index (χ0v) is 10.6. The molecule has 4 heteroatoms. The van der Waals surface area contributed by atoms with Crippen LogP contribution in [0.2, 0.25) is 5.15 Å². The maximum Gasteiger partial charge on any atom is 0.161 e. The highest BCUT2D eigenvalue weighted by Crippen LogP contribution is 2.24. The molecule has 0 aliphatic heterocycles. The molecule has 0 radical (unpaired) electrons. The molecule has 1 rings (SSSR count). The summed E-state index contributed by atoms with van der Waals surface area (Å²) in [4.78, 5) is 8.70. The summed E-state index contributed by atoms with van der Waals surface area (Å²) >= 11 is 6.09. The summed E-state index contributed by atoms with van der Waals surface area (Å²) in [5, 5.41) is 0.533. The Kier molecular flexibility index (Phi) is 3.68. The van der Waals surface area contributed by atoms with Gasteiger partial charge in [0.1, 0.15) is 10.8 Å². The fourth-order valence-electron chi connectivity index (χ4n) is 1.32. The van der Waals surface area contributed by atoms with Crippen LogP contribution in [0.4, 0.5) is 0 Å². The minimum absolute atomic E-state index is 0.499. The lowest BCUT2D eigenvalue weighted by atomic mass is 10.1. The van der Waals surface area contributed by atoms with E-state index in [9.17, 15) is 0 Å². The maximum absolute atomic E-state index is 6.09. The van der Waals surface area contributed by atoms with Crippen LogP contribution in [-0.2, 0) is 16.8 Å². The average Bonchev–Trinajstić information content (AvgIpc) is 2.17. The average molecular weight is 229 g/mol. The van der Waals surface area contributed by atoms with Gasteiger partial charge in [-0.2, -0.15) is 0 Å². The SMILES string of the molecule is CCc1c(C)nc(C(C)(C)OC)nc1Cl. The first-order valence-electron chi connectivity index (χ1n) is 5.01. The Bertz CT molecular complexity index is 341. The summed E-state index contributed by atoms with van der Waals surface area (Å²) in [7, 11) is 1.64. The second-order valence-corrected chi connectivity index (χ2v) is 4.33. The van der Waals surface area contributed by atoms with Crippen molar-refractivity contribution in [2.24, 2.45) is 0 Å². The molecule has 84 valence electrons. The normalized spacial score (nSPS) is 11.9. The highest BCUT2D eigenvalue weighted by molar-refractivity contribution is 6.30. The lowest BCUT2D eigenvalue weighted by molar-refractivity contribution is 0.0113. The third kappa shape index (κ3) is 2.47. The van der Waals surface area contributed by atoms with E-state index in [0.29, 0.717) is 11.0 Å². The molecule has 0 bridgehead atoms. The first kappa shape index (κ1) is 12.4. The summed E-state index contributed by atoms with van der Waals surface area (Å²) in [6, 6.07) is 0. The summed E-state index contributed by atoms with van der Waals surface area (Å²) in [6.07, 6.45) is 0.846. The Morgan fingerprint density at radius 1 is 1.33 bits per heavy atom. The Hall–Kier alpha value is -0.670. The molecule has 0 saturated heterocycles. The van der Waals surface area contributed by atoms with E-state index in [2.05, 4.69) is 9.97 Å². The molecule has 0 fully saturated rings. The largest absolute Gasteiger partial charge is 0.371 e. The van der Waals surface area contributed by atoms with Gasteiger partial charge in [-0.1, -0.05) is 18.5 Å². The number of aryl methyl sites for hydroxylation is 1. The number of aromatic nitrogens is 2. The van der Waals surface area contributed by atoms with Gasteiger partial charge in [0.25, 0.3) is 0 Å². The molecule has 1 heterocycles. The molecule has 0 aliphatic rings. The number of methoxy groups -OCH3 is 1. The number of hydrogen-bond donors (Lipinski definition) is 0. The fraction of sp³-hybridized carbons (Fsp3) is 0.636. The third-order valence-electron chi connectivity index (χ3n) is 2.57. The van der Waals surface area contributed by atoms with Crippen molar-refractivity contribution in [1.82, 2.24) is 9.97 Å². The fourth-order valence-corrected chi connectivity index (χ4v) is 1.67. The van der Waals surface area contributed by atoms with Crippen LogP contribution >= 0.6 is 11.6 Å². The molecule has 0 aromatic carbocycles. The minimum atomic E-state index is -0.499. The van der Waals surface area contributed by atoms with E-state index < -0.39 is 5.60 Å². The topological polar surface area (TPSA) is 35.0 Å². The van der Waals surface area contributed by atoms with Crippen LogP contribution in [0.25, 0.3) is 0 Å². The predicted octanol–water partition coefficient (Wildman–Crippen LogP) is 2.88. The van der Waals surface area contributed by atoms with Gasteiger partial charge in [0.15, 0.2) is 5.82 Å². The number of hydrogen-bond acceptors (Lipinski definition) is 3. The van der Waals surface area contributed by atoms with E-state index in [1.54, 1.807) is 7.11 Å². The third-order valence-corrected chi connectivity index (χ3v) is 2.88. The summed E-state index contributed by atoms with van der Waals surface area (Å²) in [6.45, 7) is 7.83. The Labute approximate surface area is 95.8 Å². The van der Waals surface area contributed by atoms with Crippen LogP contribution in [-0.4, -0.2) is 17.1 Å². The van der Waals surface area contributed by atoms with E-state index in [0.717, 1.165) is 17.7 Å². The highest BCUT2D eigenvalue weighted by Gasteiger charge is 2.24. The van der Waals surface area contributed by atoms with Crippen molar-refractivity contribution in [1.29, 1.82) is 0 Å². The van der Waals surface area contributed by atoms with E-state index >= 15 is 0 Å². The number of nitrogens with zero attached hydrogens (tertiary/aromatic N) is 2. The summed E-state index contributed by atoms with van der Waals surface area (Å²) in [5.74, 6) is 0.629. The van der Waals surface area contributed by atoms with E-state index in [1.165, 1.54) is 0 Å². The molecule has 1 aromatic rings. The van der Waals surface area contributed by atoms with Crippen LogP contribution < -0.4 is 0 Å². The molecular weight excluding hydrogens is 212 g/mol. The van der Waals surface area contributed by atoms with Crippen molar-refractivity contribution in [3.05, 3.63) is 22.2 Å². The van der Waals surface area contributed by atoms with Crippen molar-refractivity contribution in [2.75, 3.05) is 7.11 Å². The lowest BCUT2D eigenvalue weighted by Gasteiger charge is -2.22. The van der Waals surface area contributed by atoms with Crippen LogP contribution in [0.3, 0.4) is 0 Å². The van der Waals surface area contributed by atoms with Gasteiger partial charge < -0.3 is 4.74 Å².